The molecule has 0 radical (unpaired) electrons. The van der Waals surface area contributed by atoms with E-state index in [2.05, 4.69) is 0 Å². The van der Waals surface area contributed by atoms with Crippen LogP contribution >= 0.6 is 22.9 Å². The van der Waals surface area contributed by atoms with Crippen LogP contribution in [0, 0.1) is 0 Å². The molecule has 0 aliphatic carbocycles. The average molecular weight is 322 g/mol. The van der Waals surface area contributed by atoms with Crippen molar-refractivity contribution >= 4 is 40.5 Å². The Bertz CT molecular complexity index is 712. The number of hydrogen-bond acceptors (Lipinski definition) is 3. The first kappa shape index (κ1) is 14.1. The minimum Gasteiger partial charge on any atom is -0.481 e. The van der Waals surface area contributed by atoms with Gasteiger partial charge in [0.15, 0.2) is 0 Å². The Balaban J connectivity index is 2.00. The van der Waals surface area contributed by atoms with E-state index in [1.165, 1.54) is 11.3 Å². The number of halogens is 1. The van der Waals surface area contributed by atoms with Crippen LogP contribution in [0.1, 0.15) is 27.6 Å². The Kier molecular flexibility index (Phi) is 3.69. The molecule has 1 aliphatic heterocycles. The van der Waals surface area contributed by atoms with Crippen molar-refractivity contribution in [1.82, 2.24) is 0 Å². The molecule has 2 aromatic rings. The highest BCUT2D eigenvalue weighted by Crippen LogP contribution is 2.36. The standard InChI is InChI=1S/C15H12ClNO3S/c16-13-6-5-12(21-13)14(18)17-8-7-10(15(19)20)9-3-1-2-4-11(9)17/h1-6,10H,7-8H2,(H,19,20). The zero-order valence-electron chi connectivity index (χ0n) is 11.0. The number of aliphatic carboxylic acids is 1. The van der Waals surface area contributed by atoms with Crippen molar-refractivity contribution in [2.45, 2.75) is 12.3 Å². The van der Waals surface area contributed by atoms with Gasteiger partial charge in [-0.15, -0.1) is 11.3 Å². The molecule has 0 saturated heterocycles. The lowest BCUT2D eigenvalue weighted by Gasteiger charge is -2.32. The molecule has 0 spiro atoms. The fraction of sp³-hybridized carbons (Fsp3) is 0.200. The Morgan fingerprint density at radius 3 is 2.67 bits per heavy atom. The number of amides is 1. The van der Waals surface area contributed by atoms with E-state index in [9.17, 15) is 14.7 Å². The van der Waals surface area contributed by atoms with E-state index in [0.717, 1.165) is 0 Å². The van der Waals surface area contributed by atoms with Crippen LogP contribution in [-0.4, -0.2) is 23.5 Å². The summed E-state index contributed by atoms with van der Waals surface area (Å²) in [4.78, 5) is 26.1. The quantitative estimate of drug-likeness (QED) is 0.919. The molecular weight excluding hydrogens is 310 g/mol. The second-order valence-electron chi connectivity index (χ2n) is 4.80. The summed E-state index contributed by atoms with van der Waals surface area (Å²) in [6, 6.07) is 10.6. The highest BCUT2D eigenvalue weighted by Gasteiger charge is 2.32. The third-order valence-corrected chi connectivity index (χ3v) is 4.79. The van der Waals surface area contributed by atoms with Crippen LogP contribution in [0.4, 0.5) is 5.69 Å². The van der Waals surface area contributed by atoms with E-state index in [1.807, 2.05) is 6.07 Å². The summed E-state index contributed by atoms with van der Waals surface area (Å²) in [5.74, 6) is -1.55. The maximum absolute atomic E-state index is 12.6. The number of benzene rings is 1. The van der Waals surface area contributed by atoms with Crippen LogP contribution in [0.2, 0.25) is 4.34 Å². The summed E-state index contributed by atoms with van der Waals surface area (Å²) in [5, 5.41) is 9.31. The molecule has 6 heteroatoms. The van der Waals surface area contributed by atoms with Crippen LogP contribution in [0.5, 0.6) is 0 Å². The number of para-hydroxylation sites is 1. The molecule has 1 unspecified atom stereocenters. The molecule has 3 rings (SSSR count). The van der Waals surface area contributed by atoms with E-state index >= 15 is 0 Å². The molecular formula is C15H12ClNO3S. The van der Waals surface area contributed by atoms with E-state index < -0.39 is 11.9 Å². The molecule has 0 bridgehead atoms. The number of thiophene rings is 1. The maximum atomic E-state index is 12.6. The minimum absolute atomic E-state index is 0.136. The summed E-state index contributed by atoms with van der Waals surface area (Å²) < 4.78 is 0.562. The first-order valence-corrected chi connectivity index (χ1v) is 7.66. The van der Waals surface area contributed by atoms with Crippen LogP contribution in [0.3, 0.4) is 0 Å². The summed E-state index contributed by atoms with van der Waals surface area (Å²) in [6.45, 7) is 0.391. The van der Waals surface area contributed by atoms with Crippen LogP contribution in [-0.2, 0) is 4.79 Å². The number of rotatable bonds is 2. The molecule has 1 aliphatic rings. The van der Waals surface area contributed by atoms with Gasteiger partial charge in [-0.3, -0.25) is 9.59 Å². The number of anilines is 1. The third-order valence-electron chi connectivity index (χ3n) is 3.57. The zero-order chi connectivity index (χ0) is 15.0. The highest BCUT2D eigenvalue weighted by atomic mass is 35.5. The van der Waals surface area contributed by atoms with Crippen molar-refractivity contribution in [2.75, 3.05) is 11.4 Å². The molecule has 0 fully saturated rings. The molecule has 1 N–H and O–H groups in total. The van der Waals surface area contributed by atoms with Gasteiger partial charge in [-0.25, -0.2) is 0 Å². The van der Waals surface area contributed by atoms with Crippen molar-refractivity contribution in [3.63, 3.8) is 0 Å². The summed E-state index contributed by atoms with van der Waals surface area (Å²) in [5.41, 5.74) is 1.36. The predicted octanol–water partition coefficient (Wildman–Crippen LogP) is 3.62. The third kappa shape index (κ3) is 2.54. The summed E-state index contributed by atoms with van der Waals surface area (Å²) in [6.07, 6.45) is 0.414. The fourth-order valence-electron chi connectivity index (χ4n) is 2.59. The fourth-order valence-corrected chi connectivity index (χ4v) is 3.58. The molecule has 2 heterocycles. The van der Waals surface area contributed by atoms with E-state index in [4.69, 9.17) is 11.6 Å². The number of hydrogen-bond donors (Lipinski definition) is 1. The molecule has 108 valence electrons. The SMILES string of the molecule is O=C(O)C1CCN(C(=O)c2ccc(Cl)s2)c2ccccc21. The van der Waals surface area contributed by atoms with Crippen LogP contribution in [0.25, 0.3) is 0 Å². The second kappa shape index (κ2) is 5.50. The molecule has 4 nitrogen and oxygen atoms in total. The molecule has 21 heavy (non-hydrogen) atoms. The van der Waals surface area contributed by atoms with Gasteiger partial charge in [0.1, 0.15) is 0 Å². The van der Waals surface area contributed by atoms with Crippen LogP contribution in [0.15, 0.2) is 36.4 Å². The first-order valence-electron chi connectivity index (χ1n) is 6.47. The zero-order valence-corrected chi connectivity index (χ0v) is 12.5. The lowest BCUT2D eigenvalue weighted by Crippen LogP contribution is -2.37. The molecule has 1 amide bonds. The molecule has 1 aromatic heterocycles. The van der Waals surface area contributed by atoms with Crippen molar-refractivity contribution in [2.24, 2.45) is 0 Å². The number of nitrogens with zero attached hydrogens (tertiary/aromatic N) is 1. The van der Waals surface area contributed by atoms with Gasteiger partial charge in [-0.1, -0.05) is 29.8 Å². The molecule has 0 saturated carbocycles. The molecule has 1 aromatic carbocycles. The van der Waals surface area contributed by atoms with Crippen molar-refractivity contribution in [1.29, 1.82) is 0 Å². The number of carboxylic acids is 1. The number of fused-ring (bicyclic) bond motifs is 1. The lowest BCUT2D eigenvalue weighted by atomic mass is 9.90. The van der Waals surface area contributed by atoms with Gasteiger partial charge in [-0.05, 0) is 30.2 Å². The van der Waals surface area contributed by atoms with Crippen molar-refractivity contribution in [3.05, 3.63) is 51.2 Å². The Morgan fingerprint density at radius 1 is 1.24 bits per heavy atom. The topological polar surface area (TPSA) is 57.6 Å². The van der Waals surface area contributed by atoms with Gasteiger partial charge in [0.05, 0.1) is 15.1 Å². The smallest absolute Gasteiger partial charge is 0.311 e. The second-order valence-corrected chi connectivity index (χ2v) is 6.51. The average Bonchev–Trinajstić information content (AvgIpc) is 2.91. The largest absolute Gasteiger partial charge is 0.481 e. The van der Waals surface area contributed by atoms with Crippen molar-refractivity contribution < 1.29 is 14.7 Å². The Hall–Kier alpha value is -1.85. The minimum atomic E-state index is -0.853. The molecule has 1 atom stereocenters. The van der Waals surface area contributed by atoms with E-state index in [0.29, 0.717) is 33.4 Å². The monoisotopic (exact) mass is 321 g/mol. The van der Waals surface area contributed by atoms with E-state index in [-0.39, 0.29) is 5.91 Å². The highest BCUT2D eigenvalue weighted by molar-refractivity contribution is 7.18. The van der Waals surface area contributed by atoms with Gasteiger partial charge in [-0.2, -0.15) is 0 Å². The van der Waals surface area contributed by atoms with Gasteiger partial charge < -0.3 is 10.0 Å². The summed E-state index contributed by atoms with van der Waals surface area (Å²) in [7, 11) is 0. The van der Waals surface area contributed by atoms with E-state index in [1.54, 1.807) is 35.2 Å². The summed E-state index contributed by atoms with van der Waals surface area (Å²) >= 11 is 7.11. The van der Waals surface area contributed by atoms with Gasteiger partial charge >= 0.3 is 5.97 Å². The predicted molar refractivity (Wildman–Crippen MR) is 82.4 cm³/mol. The van der Waals surface area contributed by atoms with Gasteiger partial charge in [0.25, 0.3) is 5.91 Å². The Labute approximate surface area is 130 Å². The number of carbonyl (C=O) groups excluding carboxylic acids is 1. The van der Waals surface area contributed by atoms with Gasteiger partial charge in [0.2, 0.25) is 0 Å². The van der Waals surface area contributed by atoms with Crippen molar-refractivity contribution in [3.8, 4) is 0 Å². The Morgan fingerprint density at radius 2 is 2.00 bits per heavy atom. The van der Waals surface area contributed by atoms with Gasteiger partial charge in [0, 0.05) is 12.2 Å². The number of carbonyl (C=O) groups is 2. The number of carboxylic acid groups (broad SMARTS) is 1. The first-order chi connectivity index (χ1) is 10.1. The van der Waals surface area contributed by atoms with Crippen LogP contribution < -0.4 is 4.90 Å². The normalized spacial score (nSPS) is 17.4. The maximum Gasteiger partial charge on any atom is 0.311 e. The lowest BCUT2D eigenvalue weighted by molar-refractivity contribution is -0.139.